The van der Waals surface area contributed by atoms with E-state index in [2.05, 4.69) is 20.4 Å². The molecule has 2 aromatic rings. The van der Waals surface area contributed by atoms with E-state index < -0.39 is 0 Å². The van der Waals surface area contributed by atoms with Crippen molar-refractivity contribution in [1.82, 2.24) is 19.7 Å². The van der Waals surface area contributed by atoms with E-state index >= 15 is 0 Å². The second-order valence-corrected chi connectivity index (χ2v) is 3.89. The number of halogens is 1. The molecular formula is C10H12ClN5O. The molecule has 2 aromatic heterocycles. The molecule has 17 heavy (non-hydrogen) atoms. The molecule has 0 atom stereocenters. The lowest BCUT2D eigenvalue weighted by molar-refractivity contribution is 0.380. The van der Waals surface area contributed by atoms with Crippen molar-refractivity contribution in [2.75, 3.05) is 12.4 Å². The van der Waals surface area contributed by atoms with Crippen LogP contribution in [-0.2, 0) is 7.05 Å². The lowest BCUT2D eigenvalue weighted by Gasteiger charge is -2.06. The summed E-state index contributed by atoms with van der Waals surface area (Å²) in [7, 11) is 3.35. The van der Waals surface area contributed by atoms with Crippen molar-refractivity contribution < 1.29 is 4.74 Å². The fourth-order valence-corrected chi connectivity index (χ4v) is 1.53. The van der Waals surface area contributed by atoms with Crippen LogP contribution in [0.1, 0.15) is 5.69 Å². The molecular weight excluding hydrogens is 242 g/mol. The molecule has 1 N–H and O–H groups in total. The minimum Gasteiger partial charge on any atom is -0.467 e. The first-order valence-electron chi connectivity index (χ1n) is 4.94. The summed E-state index contributed by atoms with van der Waals surface area (Å²) >= 11 is 5.99. The minimum absolute atomic E-state index is 0.262. The number of hydrogen-bond donors (Lipinski definition) is 1. The lowest BCUT2D eigenvalue weighted by Crippen LogP contribution is -1.99. The predicted molar refractivity (Wildman–Crippen MR) is 64.8 cm³/mol. The fourth-order valence-electron chi connectivity index (χ4n) is 1.39. The third-order valence-electron chi connectivity index (χ3n) is 2.17. The molecule has 7 heteroatoms. The largest absolute Gasteiger partial charge is 0.467 e. The van der Waals surface area contributed by atoms with Crippen molar-refractivity contribution in [2.45, 2.75) is 6.92 Å². The van der Waals surface area contributed by atoms with Crippen molar-refractivity contribution in [2.24, 2.45) is 7.05 Å². The Morgan fingerprint density at radius 2 is 2.24 bits per heavy atom. The van der Waals surface area contributed by atoms with E-state index in [1.54, 1.807) is 4.68 Å². The van der Waals surface area contributed by atoms with Crippen LogP contribution in [-0.4, -0.2) is 26.9 Å². The molecule has 0 saturated carbocycles. The lowest BCUT2D eigenvalue weighted by atomic mass is 10.4. The molecule has 0 aliphatic carbocycles. The van der Waals surface area contributed by atoms with Gasteiger partial charge in [-0.2, -0.15) is 10.1 Å². The van der Waals surface area contributed by atoms with Gasteiger partial charge in [0.2, 0.25) is 0 Å². The van der Waals surface area contributed by atoms with Crippen LogP contribution in [0.5, 0.6) is 6.01 Å². The van der Waals surface area contributed by atoms with Crippen LogP contribution in [0.2, 0.25) is 5.02 Å². The maximum absolute atomic E-state index is 5.99. The number of ether oxygens (including phenoxy) is 1. The summed E-state index contributed by atoms with van der Waals surface area (Å²) in [5, 5.41) is 7.73. The molecule has 0 aliphatic rings. The molecule has 0 fully saturated rings. The van der Waals surface area contributed by atoms with Crippen molar-refractivity contribution >= 4 is 23.1 Å². The summed E-state index contributed by atoms with van der Waals surface area (Å²) in [5.74, 6) is 0.495. The molecule has 2 rings (SSSR count). The second kappa shape index (κ2) is 4.58. The van der Waals surface area contributed by atoms with Gasteiger partial charge >= 0.3 is 6.01 Å². The van der Waals surface area contributed by atoms with Crippen LogP contribution < -0.4 is 10.1 Å². The Labute approximate surface area is 104 Å². The fraction of sp³-hybridized carbons (Fsp3) is 0.300. The molecule has 0 aromatic carbocycles. The Morgan fingerprint density at radius 1 is 1.47 bits per heavy atom. The van der Waals surface area contributed by atoms with E-state index in [0.29, 0.717) is 10.8 Å². The topological polar surface area (TPSA) is 64.9 Å². The number of nitrogens with one attached hydrogen (secondary N) is 1. The highest BCUT2D eigenvalue weighted by Gasteiger charge is 2.09. The van der Waals surface area contributed by atoms with Gasteiger partial charge < -0.3 is 10.1 Å². The van der Waals surface area contributed by atoms with Crippen LogP contribution in [0.15, 0.2) is 12.4 Å². The Morgan fingerprint density at radius 3 is 2.82 bits per heavy atom. The number of nitrogens with zero attached hydrogens (tertiary/aromatic N) is 4. The van der Waals surface area contributed by atoms with E-state index in [9.17, 15) is 0 Å². The number of methoxy groups -OCH3 is 1. The second-order valence-electron chi connectivity index (χ2n) is 3.48. The zero-order valence-electron chi connectivity index (χ0n) is 9.73. The van der Waals surface area contributed by atoms with Gasteiger partial charge in [-0.15, -0.1) is 0 Å². The van der Waals surface area contributed by atoms with Crippen molar-refractivity contribution in [3.63, 3.8) is 0 Å². The van der Waals surface area contributed by atoms with Gasteiger partial charge in [0.15, 0.2) is 5.82 Å². The van der Waals surface area contributed by atoms with Gasteiger partial charge in [0, 0.05) is 13.2 Å². The third kappa shape index (κ3) is 2.47. The SMILES string of the molecule is COc1ncc(Cl)c(Nc2cn(C)nc2C)n1. The van der Waals surface area contributed by atoms with Crippen molar-refractivity contribution in [1.29, 1.82) is 0 Å². The van der Waals surface area contributed by atoms with E-state index in [1.807, 2.05) is 20.2 Å². The van der Waals surface area contributed by atoms with Gasteiger partial charge in [0.25, 0.3) is 0 Å². The standard InChI is InChI=1S/C10H12ClN5O/c1-6-8(5-16(2)15-6)13-9-7(11)4-12-10(14-9)17-3/h4-5H,1-3H3,(H,12,13,14). The van der Waals surface area contributed by atoms with E-state index in [1.165, 1.54) is 13.3 Å². The molecule has 90 valence electrons. The zero-order chi connectivity index (χ0) is 12.4. The molecule has 0 amide bonds. The molecule has 0 radical (unpaired) electrons. The number of anilines is 2. The van der Waals surface area contributed by atoms with Gasteiger partial charge in [-0.05, 0) is 6.92 Å². The van der Waals surface area contributed by atoms with Crippen LogP contribution in [0.3, 0.4) is 0 Å². The van der Waals surface area contributed by atoms with Gasteiger partial charge in [0.05, 0.1) is 24.7 Å². The maximum atomic E-state index is 5.99. The zero-order valence-corrected chi connectivity index (χ0v) is 10.5. The quantitative estimate of drug-likeness (QED) is 0.905. The van der Waals surface area contributed by atoms with Crippen molar-refractivity contribution in [3.05, 3.63) is 23.1 Å². The molecule has 6 nitrogen and oxygen atoms in total. The average molecular weight is 254 g/mol. The van der Waals surface area contributed by atoms with Crippen molar-refractivity contribution in [3.8, 4) is 6.01 Å². The van der Waals surface area contributed by atoms with Crippen LogP contribution in [0.4, 0.5) is 11.5 Å². The number of rotatable bonds is 3. The van der Waals surface area contributed by atoms with Gasteiger partial charge in [-0.25, -0.2) is 4.98 Å². The van der Waals surface area contributed by atoms with Gasteiger partial charge in [0.1, 0.15) is 5.02 Å². The van der Waals surface area contributed by atoms with Crippen LogP contribution in [0, 0.1) is 6.92 Å². The molecule has 2 heterocycles. The third-order valence-corrected chi connectivity index (χ3v) is 2.45. The normalized spacial score (nSPS) is 10.4. The minimum atomic E-state index is 0.262. The Balaban J connectivity index is 2.32. The summed E-state index contributed by atoms with van der Waals surface area (Å²) in [4.78, 5) is 8.02. The smallest absolute Gasteiger partial charge is 0.318 e. The summed E-state index contributed by atoms with van der Waals surface area (Å²) in [6.07, 6.45) is 3.33. The summed E-state index contributed by atoms with van der Waals surface area (Å²) in [6.45, 7) is 1.90. The molecule has 0 aliphatic heterocycles. The average Bonchev–Trinajstić information content (AvgIpc) is 2.60. The first kappa shape index (κ1) is 11.7. The van der Waals surface area contributed by atoms with E-state index in [0.717, 1.165) is 11.4 Å². The molecule has 0 saturated heterocycles. The Hall–Kier alpha value is -1.82. The Bertz CT molecular complexity index is 539. The highest BCUT2D eigenvalue weighted by atomic mass is 35.5. The molecule has 0 spiro atoms. The summed E-state index contributed by atoms with van der Waals surface area (Å²) in [5.41, 5.74) is 1.70. The number of aromatic nitrogens is 4. The van der Waals surface area contributed by atoms with E-state index in [4.69, 9.17) is 16.3 Å². The first-order valence-corrected chi connectivity index (χ1v) is 5.31. The van der Waals surface area contributed by atoms with Gasteiger partial charge in [-0.3, -0.25) is 4.68 Å². The molecule has 0 unspecified atom stereocenters. The monoisotopic (exact) mass is 253 g/mol. The van der Waals surface area contributed by atoms with E-state index in [-0.39, 0.29) is 6.01 Å². The number of aryl methyl sites for hydroxylation is 2. The van der Waals surface area contributed by atoms with Gasteiger partial charge in [-0.1, -0.05) is 11.6 Å². The number of hydrogen-bond acceptors (Lipinski definition) is 5. The highest BCUT2D eigenvalue weighted by Crippen LogP contribution is 2.25. The molecule has 0 bridgehead atoms. The Kier molecular flexibility index (Phi) is 3.14. The summed E-state index contributed by atoms with van der Waals surface area (Å²) < 4.78 is 6.65. The highest BCUT2D eigenvalue weighted by molar-refractivity contribution is 6.32. The van der Waals surface area contributed by atoms with Crippen LogP contribution in [0.25, 0.3) is 0 Å². The maximum Gasteiger partial charge on any atom is 0.318 e. The predicted octanol–water partition coefficient (Wildman–Crippen LogP) is 1.92. The summed E-state index contributed by atoms with van der Waals surface area (Å²) in [6, 6.07) is 0.262. The van der Waals surface area contributed by atoms with Crippen LogP contribution >= 0.6 is 11.6 Å². The first-order chi connectivity index (χ1) is 8.10.